The molecule has 1 N–H and O–H groups in total. The number of ether oxygens (including phenoxy) is 1. The minimum absolute atomic E-state index is 0.0885. The molecule has 1 aromatic heterocycles. The molecule has 106 valence electrons. The molecule has 0 saturated heterocycles. The van der Waals surface area contributed by atoms with Crippen LogP contribution in [0.25, 0.3) is 0 Å². The van der Waals surface area contributed by atoms with Crippen LogP contribution >= 0.6 is 11.5 Å². The Morgan fingerprint density at radius 3 is 2.60 bits per heavy atom. The number of hydrogen-bond donors (Lipinski definition) is 1. The minimum Gasteiger partial charge on any atom is -0.478 e. The second-order valence-corrected chi connectivity index (χ2v) is 4.48. The minimum atomic E-state index is -4.62. The first-order chi connectivity index (χ1) is 9.27. The summed E-state index contributed by atoms with van der Waals surface area (Å²) in [5, 5.41) is 8.59. The van der Waals surface area contributed by atoms with E-state index in [-0.39, 0.29) is 16.5 Å². The number of aryl methyl sites for hydroxylation is 1. The molecule has 2 aromatic rings. The summed E-state index contributed by atoms with van der Waals surface area (Å²) in [6, 6.07) is 4.04. The lowest BCUT2D eigenvalue weighted by molar-refractivity contribution is -0.144. The third-order valence-electron chi connectivity index (χ3n) is 2.29. The molecule has 0 fully saturated rings. The van der Waals surface area contributed by atoms with Crippen molar-refractivity contribution in [3.63, 3.8) is 0 Å². The number of carboxylic acids is 1. The van der Waals surface area contributed by atoms with Gasteiger partial charge in [0, 0.05) is 11.5 Å². The second kappa shape index (κ2) is 5.08. The Kier molecular flexibility index (Phi) is 3.62. The summed E-state index contributed by atoms with van der Waals surface area (Å²) in [5.41, 5.74) is 0.515. The number of carboxylic acid groups (broad SMARTS) is 1. The number of rotatable bonds is 3. The van der Waals surface area contributed by atoms with E-state index in [2.05, 4.69) is 9.36 Å². The van der Waals surface area contributed by atoms with Gasteiger partial charge in [-0.1, -0.05) is 0 Å². The predicted octanol–water partition coefficient (Wildman–Crippen LogP) is 3.36. The summed E-state index contributed by atoms with van der Waals surface area (Å²) in [6.07, 6.45) is -4.62. The first-order valence-corrected chi connectivity index (χ1v) is 5.97. The number of hydrogen-bond acceptors (Lipinski definition) is 5. The summed E-state index contributed by atoms with van der Waals surface area (Å²) in [4.78, 5) is 14.0. The fraction of sp³-hybridized carbons (Fsp3) is 0.182. The van der Waals surface area contributed by atoms with Crippen LogP contribution in [0.5, 0.6) is 10.9 Å². The molecular formula is C11H7F3N2O3S. The summed E-state index contributed by atoms with van der Waals surface area (Å²) in [6.45, 7) is 1.55. The van der Waals surface area contributed by atoms with Gasteiger partial charge in [0.2, 0.25) is 0 Å². The molecule has 2 rings (SSSR count). The number of halogens is 3. The normalized spacial score (nSPS) is 11.4. The zero-order valence-corrected chi connectivity index (χ0v) is 10.7. The standard InChI is InChI=1S/C11H7F3N2O3S/c1-5-4-6(2-3-7(5)8(17)18)19-10-15-9(16-20-10)11(12,13)14/h2-4H,1H3,(H,17,18). The second-order valence-electron chi connectivity index (χ2n) is 3.77. The fourth-order valence-corrected chi connectivity index (χ4v) is 1.98. The van der Waals surface area contributed by atoms with Gasteiger partial charge < -0.3 is 9.84 Å². The highest BCUT2D eigenvalue weighted by Crippen LogP contribution is 2.32. The quantitative estimate of drug-likeness (QED) is 0.941. The van der Waals surface area contributed by atoms with E-state index in [1.54, 1.807) is 6.92 Å². The maximum absolute atomic E-state index is 12.3. The van der Waals surface area contributed by atoms with E-state index >= 15 is 0 Å². The van der Waals surface area contributed by atoms with Crippen molar-refractivity contribution in [1.82, 2.24) is 9.36 Å². The zero-order valence-electron chi connectivity index (χ0n) is 9.93. The summed E-state index contributed by atoms with van der Waals surface area (Å²) >= 11 is 0.468. The Bertz CT molecular complexity index is 655. The zero-order chi connectivity index (χ0) is 14.9. The Balaban J connectivity index is 2.20. The van der Waals surface area contributed by atoms with Crippen LogP contribution in [0.1, 0.15) is 21.7 Å². The van der Waals surface area contributed by atoms with Gasteiger partial charge in [0.15, 0.2) is 0 Å². The largest absolute Gasteiger partial charge is 0.478 e. The lowest BCUT2D eigenvalue weighted by atomic mass is 10.1. The molecule has 0 aliphatic heterocycles. The van der Waals surface area contributed by atoms with Gasteiger partial charge in [-0.3, -0.25) is 0 Å². The van der Waals surface area contributed by atoms with Gasteiger partial charge in [-0.05, 0) is 30.7 Å². The molecule has 0 aliphatic carbocycles. The monoisotopic (exact) mass is 304 g/mol. The molecule has 5 nitrogen and oxygen atoms in total. The number of nitrogens with zero attached hydrogens (tertiary/aromatic N) is 2. The summed E-state index contributed by atoms with van der Waals surface area (Å²) in [5.74, 6) is -2.17. The molecule has 0 atom stereocenters. The Morgan fingerprint density at radius 1 is 1.40 bits per heavy atom. The molecule has 0 radical (unpaired) electrons. The highest BCUT2D eigenvalue weighted by atomic mass is 32.1. The lowest BCUT2D eigenvalue weighted by Gasteiger charge is -2.05. The van der Waals surface area contributed by atoms with Crippen molar-refractivity contribution >= 4 is 17.5 Å². The van der Waals surface area contributed by atoms with Gasteiger partial charge in [0.05, 0.1) is 5.56 Å². The van der Waals surface area contributed by atoms with Crippen molar-refractivity contribution < 1.29 is 27.8 Å². The highest BCUT2D eigenvalue weighted by molar-refractivity contribution is 7.07. The van der Waals surface area contributed by atoms with Crippen LogP contribution in [0, 0.1) is 6.92 Å². The van der Waals surface area contributed by atoms with Crippen molar-refractivity contribution in [2.75, 3.05) is 0 Å². The van der Waals surface area contributed by atoms with Crippen molar-refractivity contribution in [3.05, 3.63) is 35.2 Å². The average Bonchev–Trinajstić information content (AvgIpc) is 2.76. The first-order valence-electron chi connectivity index (χ1n) is 5.20. The maximum Gasteiger partial charge on any atom is 0.452 e. The van der Waals surface area contributed by atoms with E-state index in [1.165, 1.54) is 18.2 Å². The smallest absolute Gasteiger partial charge is 0.452 e. The van der Waals surface area contributed by atoms with E-state index in [9.17, 15) is 18.0 Å². The molecule has 0 aliphatic rings. The number of alkyl halides is 3. The van der Waals surface area contributed by atoms with Crippen molar-refractivity contribution in [2.45, 2.75) is 13.1 Å². The van der Waals surface area contributed by atoms with Crippen LogP contribution in [0.3, 0.4) is 0 Å². The van der Waals surface area contributed by atoms with E-state index in [0.717, 1.165) is 0 Å². The predicted molar refractivity (Wildman–Crippen MR) is 63.1 cm³/mol. The van der Waals surface area contributed by atoms with Gasteiger partial charge in [-0.25, -0.2) is 4.79 Å². The number of carbonyl (C=O) groups is 1. The van der Waals surface area contributed by atoms with Crippen LogP contribution in [-0.4, -0.2) is 20.4 Å². The third kappa shape index (κ3) is 3.05. The summed E-state index contributed by atoms with van der Waals surface area (Å²) < 4.78 is 45.2. The van der Waals surface area contributed by atoms with Crippen LogP contribution in [0.4, 0.5) is 13.2 Å². The van der Waals surface area contributed by atoms with Crippen molar-refractivity contribution in [1.29, 1.82) is 0 Å². The molecule has 0 spiro atoms. The maximum atomic E-state index is 12.3. The number of aromatic carboxylic acids is 1. The highest BCUT2D eigenvalue weighted by Gasteiger charge is 2.36. The van der Waals surface area contributed by atoms with Gasteiger partial charge >= 0.3 is 12.1 Å². The van der Waals surface area contributed by atoms with E-state index in [1.807, 2.05) is 0 Å². The fourth-order valence-electron chi connectivity index (χ4n) is 1.41. The molecule has 1 heterocycles. The van der Waals surface area contributed by atoms with Gasteiger partial charge in [-0.2, -0.15) is 22.5 Å². The van der Waals surface area contributed by atoms with Crippen LogP contribution in [0.15, 0.2) is 18.2 Å². The Labute approximate surface area is 114 Å². The Morgan fingerprint density at radius 2 is 2.10 bits per heavy atom. The van der Waals surface area contributed by atoms with Gasteiger partial charge in [0.25, 0.3) is 11.0 Å². The molecule has 0 bridgehead atoms. The van der Waals surface area contributed by atoms with E-state index < -0.39 is 18.0 Å². The molecular weight excluding hydrogens is 297 g/mol. The van der Waals surface area contributed by atoms with Crippen LogP contribution in [0.2, 0.25) is 0 Å². The third-order valence-corrected chi connectivity index (χ3v) is 2.89. The molecule has 0 unspecified atom stereocenters. The topological polar surface area (TPSA) is 72.3 Å². The molecule has 9 heteroatoms. The number of benzene rings is 1. The molecule has 0 saturated carbocycles. The molecule has 0 amide bonds. The van der Waals surface area contributed by atoms with Gasteiger partial charge in [-0.15, -0.1) is 0 Å². The van der Waals surface area contributed by atoms with Crippen molar-refractivity contribution in [3.8, 4) is 10.9 Å². The summed E-state index contributed by atoms with van der Waals surface area (Å²) in [7, 11) is 0. The molecule has 20 heavy (non-hydrogen) atoms. The average molecular weight is 304 g/mol. The lowest BCUT2D eigenvalue weighted by Crippen LogP contribution is -2.06. The van der Waals surface area contributed by atoms with Crippen LogP contribution in [-0.2, 0) is 6.18 Å². The van der Waals surface area contributed by atoms with E-state index in [4.69, 9.17) is 9.84 Å². The van der Waals surface area contributed by atoms with Gasteiger partial charge in [0.1, 0.15) is 5.75 Å². The first kappa shape index (κ1) is 14.3. The molecule has 1 aromatic carbocycles. The number of aromatic nitrogens is 2. The van der Waals surface area contributed by atoms with E-state index in [0.29, 0.717) is 17.1 Å². The Hall–Kier alpha value is -2.16. The van der Waals surface area contributed by atoms with Crippen molar-refractivity contribution in [2.24, 2.45) is 0 Å². The SMILES string of the molecule is Cc1cc(Oc2nc(C(F)(F)F)ns2)ccc1C(=O)O. The van der Waals surface area contributed by atoms with Crippen LogP contribution < -0.4 is 4.74 Å².